The van der Waals surface area contributed by atoms with E-state index in [4.69, 9.17) is 0 Å². The topological polar surface area (TPSA) is 0 Å². The summed E-state index contributed by atoms with van der Waals surface area (Å²) in [7, 11) is 0. The van der Waals surface area contributed by atoms with E-state index in [9.17, 15) is 8.78 Å². The van der Waals surface area contributed by atoms with Gasteiger partial charge in [-0.3, -0.25) is 0 Å². The average Bonchev–Trinajstić information content (AvgIpc) is 2.16. The fourth-order valence-corrected chi connectivity index (χ4v) is 1.76. The van der Waals surface area contributed by atoms with Crippen LogP contribution >= 0.6 is 0 Å². The van der Waals surface area contributed by atoms with Gasteiger partial charge in [0.25, 0.3) is 5.92 Å². The molecule has 0 amide bonds. The standard InChI is InChI=1S/C14H22F2/c1-6-9-12(10-7-2)11(4)13(8-3)14(5,15)16/h8-9H,4,6-7,10H2,1-3,5H3/b12-9+,13-8+. The van der Waals surface area contributed by atoms with Crippen LogP contribution in [0.4, 0.5) is 8.78 Å². The van der Waals surface area contributed by atoms with Gasteiger partial charge in [-0.05, 0) is 30.9 Å². The van der Waals surface area contributed by atoms with Gasteiger partial charge < -0.3 is 0 Å². The van der Waals surface area contributed by atoms with Gasteiger partial charge in [0, 0.05) is 12.5 Å². The number of halogens is 2. The van der Waals surface area contributed by atoms with Crippen LogP contribution in [-0.4, -0.2) is 5.92 Å². The molecular formula is C14H22F2. The van der Waals surface area contributed by atoms with E-state index in [1.807, 2.05) is 19.9 Å². The molecule has 0 atom stereocenters. The molecule has 2 heteroatoms. The molecule has 0 heterocycles. The van der Waals surface area contributed by atoms with Crippen LogP contribution in [0.3, 0.4) is 0 Å². The van der Waals surface area contributed by atoms with E-state index in [0.29, 0.717) is 5.57 Å². The monoisotopic (exact) mass is 228 g/mol. The molecule has 0 aliphatic rings. The summed E-state index contributed by atoms with van der Waals surface area (Å²) in [6.45, 7) is 10.4. The summed E-state index contributed by atoms with van der Waals surface area (Å²) in [4.78, 5) is 0. The molecule has 0 aromatic rings. The van der Waals surface area contributed by atoms with Crippen LogP contribution in [0.1, 0.15) is 47.0 Å². The van der Waals surface area contributed by atoms with Gasteiger partial charge in [-0.15, -0.1) is 0 Å². The lowest BCUT2D eigenvalue weighted by molar-refractivity contribution is 0.0660. The maximum absolute atomic E-state index is 13.3. The second-order valence-corrected chi connectivity index (χ2v) is 3.96. The summed E-state index contributed by atoms with van der Waals surface area (Å²) >= 11 is 0. The zero-order chi connectivity index (χ0) is 12.8. The van der Waals surface area contributed by atoms with Gasteiger partial charge in [-0.25, -0.2) is 8.78 Å². The van der Waals surface area contributed by atoms with Crippen LogP contribution < -0.4 is 0 Å². The second-order valence-electron chi connectivity index (χ2n) is 3.96. The van der Waals surface area contributed by atoms with E-state index in [-0.39, 0.29) is 5.57 Å². The van der Waals surface area contributed by atoms with Crippen LogP contribution in [-0.2, 0) is 0 Å². The van der Waals surface area contributed by atoms with Gasteiger partial charge in [0.1, 0.15) is 0 Å². The third kappa shape index (κ3) is 4.30. The molecule has 0 aliphatic heterocycles. The quantitative estimate of drug-likeness (QED) is 0.542. The van der Waals surface area contributed by atoms with Gasteiger partial charge in [-0.2, -0.15) is 0 Å². The largest absolute Gasteiger partial charge is 0.270 e. The lowest BCUT2D eigenvalue weighted by Gasteiger charge is -2.19. The highest BCUT2D eigenvalue weighted by atomic mass is 19.3. The molecule has 92 valence electrons. The second kappa shape index (κ2) is 6.62. The predicted octanol–water partition coefficient (Wildman–Crippen LogP) is 5.28. The Balaban J connectivity index is 5.08. The van der Waals surface area contributed by atoms with Crippen molar-refractivity contribution in [2.45, 2.75) is 52.9 Å². The molecule has 0 saturated heterocycles. The Labute approximate surface area is 97.7 Å². The molecule has 0 bridgehead atoms. The van der Waals surface area contributed by atoms with E-state index in [2.05, 4.69) is 6.58 Å². The van der Waals surface area contributed by atoms with E-state index in [0.717, 1.165) is 31.8 Å². The number of allylic oxidation sites excluding steroid dienone is 5. The summed E-state index contributed by atoms with van der Waals surface area (Å²) in [5.41, 5.74) is 1.47. The van der Waals surface area contributed by atoms with Gasteiger partial charge in [-0.1, -0.05) is 39.0 Å². The molecule has 0 aromatic heterocycles. The molecule has 0 spiro atoms. The average molecular weight is 228 g/mol. The molecule has 0 saturated carbocycles. The van der Waals surface area contributed by atoms with E-state index < -0.39 is 5.92 Å². The first-order chi connectivity index (χ1) is 7.38. The predicted molar refractivity (Wildman–Crippen MR) is 66.8 cm³/mol. The summed E-state index contributed by atoms with van der Waals surface area (Å²) in [5, 5.41) is 0. The van der Waals surface area contributed by atoms with Crippen molar-refractivity contribution in [2.75, 3.05) is 0 Å². The minimum Gasteiger partial charge on any atom is -0.202 e. The summed E-state index contributed by atoms with van der Waals surface area (Å²) in [6, 6.07) is 0. The van der Waals surface area contributed by atoms with Crippen LogP contribution in [0.25, 0.3) is 0 Å². The third-order valence-electron chi connectivity index (χ3n) is 2.44. The molecule has 0 radical (unpaired) electrons. The Bertz CT molecular complexity index is 290. The summed E-state index contributed by atoms with van der Waals surface area (Å²) in [6.07, 6.45) is 6.04. The maximum atomic E-state index is 13.3. The third-order valence-corrected chi connectivity index (χ3v) is 2.44. The zero-order valence-corrected chi connectivity index (χ0v) is 10.7. The summed E-state index contributed by atoms with van der Waals surface area (Å²) in [5.74, 6) is -2.81. The van der Waals surface area contributed by atoms with Crippen LogP contribution in [0, 0.1) is 0 Å². The van der Waals surface area contributed by atoms with Crippen molar-refractivity contribution in [1.82, 2.24) is 0 Å². The smallest absolute Gasteiger partial charge is 0.202 e. The highest BCUT2D eigenvalue weighted by molar-refractivity contribution is 5.47. The first kappa shape index (κ1) is 15.1. The van der Waals surface area contributed by atoms with Crippen LogP contribution in [0.15, 0.2) is 35.5 Å². The van der Waals surface area contributed by atoms with Crippen molar-refractivity contribution >= 4 is 0 Å². The first-order valence-electron chi connectivity index (χ1n) is 5.81. The number of alkyl halides is 2. The Morgan fingerprint density at radius 2 is 1.88 bits per heavy atom. The van der Waals surface area contributed by atoms with Gasteiger partial charge in [0.2, 0.25) is 0 Å². The SMILES string of the molecule is C=C(/C(=C/CC)CCC)/C(=C\C)C(C)(F)F. The Hall–Kier alpha value is -0.920. The lowest BCUT2D eigenvalue weighted by atomic mass is 9.92. The van der Waals surface area contributed by atoms with E-state index in [1.165, 1.54) is 6.08 Å². The first-order valence-corrected chi connectivity index (χ1v) is 5.81. The minimum atomic E-state index is -2.81. The highest BCUT2D eigenvalue weighted by Gasteiger charge is 2.29. The van der Waals surface area contributed by atoms with E-state index >= 15 is 0 Å². The zero-order valence-electron chi connectivity index (χ0n) is 10.7. The maximum Gasteiger partial charge on any atom is 0.270 e. The lowest BCUT2D eigenvalue weighted by Crippen LogP contribution is -2.16. The van der Waals surface area contributed by atoms with Gasteiger partial charge >= 0.3 is 0 Å². The molecule has 0 unspecified atom stereocenters. The van der Waals surface area contributed by atoms with Crippen molar-refractivity contribution in [1.29, 1.82) is 0 Å². The fourth-order valence-electron chi connectivity index (χ4n) is 1.76. The molecule has 0 rings (SSSR count). The van der Waals surface area contributed by atoms with Crippen molar-refractivity contribution in [3.05, 3.63) is 35.5 Å². The van der Waals surface area contributed by atoms with Crippen LogP contribution in [0.5, 0.6) is 0 Å². The van der Waals surface area contributed by atoms with Crippen molar-refractivity contribution in [2.24, 2.45) is 0 Å². The van der Waals surface area contributed by atoms with Crippen molar-refractivity contribution in [3.63, 3.8) is 0 Å². The molecule has 0 aromatic carbocycles. The van der Waals surface area contributed by atoms with Gasteiger partial charge in [0.15, 0.2) is 0 Å². The number of hydrogen-bond acceptors (Lipinski definition) is 0. The van der Waals surface area contributed by atoms with Crippen molar-refractivity contribution < 1.29 is 8.78 Å². The molecule has 0 nitrogen and oxygen atoms in total. The molecule has 16 heavy (non-hydrogen) atoms. The molecular weight excluding hydrogens is 206 g/mol. The Morgan fingerprint density at radius 1 is 1.31 bits per heavy atom. The number of hydrogen-bond donors (Lipinski definition) is 0. The molecule has 0 fully saturated rings. The fraction of sp³-hybridized carbons (Fsp3) is 0.571. The van der Waals surface area contributed by atoms with Crippen LogP contribution in [0.2, 0.25) is 0 Å². The molecule has 0 N–H and O–H groups in total. The molecule has 0 aliphatic carbocycles. The van der Waals surface area contributed by atoms with Crippen molar-refractivity contribution in [3.8, 4) is 0 Å². The summed E-state index contributed by atoms with van der Waals surface area (Å²) < 4.78 is 26.6. The Morgan fingerprint density at radius 3 is 2.19 bits per heavy atom. The number of rotatable bonds is 6. The highest BCUT2D eigenvalue weighted by Crippen LogP contribution is 2.33. The van der Waals surface area contributed by atoms with Gasteiger partial charge in [0.05, 0.1) is 0 Å². The van der Waals surface area contributed by atoms with E-state index in [1.54, 1.807) is 6.92 Å². The normalized spacial score (nSPS) is 14.1. The minimum absolute atomic E-state index is 0.0423. The Kier molecular flexibility index (Phi) is 6.24.